The Hall–Kier alpha value is -0.540. The average molecular weight is 185 g/mol. The summed E-state index contributed by atoms with van der Waals surface area (Å²) in [7, 11) is 0. The van der Waals surface area contributed by atoms with Crippen LogP contribution in [0.15, 0.2) is 11.4 Å². The first kappa shape index (κ1) is 9.55. The van der Waals surface area contributed by atoms with Crippen molar-refractivity contribution < 1.29 is 5.11 Å². The molecule has 0 amide bonds. The highest BCUT2D eigenvalue weighted by Gasteiger charge is 2.12. The molecule has 0 spiro atoms. The lowest BCUT2D eigenvalue weighted by Gasteiger charge is -2.17. The minimum absolute atomic E-state index is 0.592. The number of aryl methyl sites for hydroxylation is 1. The van der Waals surface area contributed by atoms with E-state index in [1.54, 1.807) is 25.2 Å². The van der Waals surface area contributed by atoms with Crippen molar-refractivity contribution in [3.05, 3.63) is 17.0 Å². The van der Waals surface area contributed by atoms with Gasteiger partial charge in [-0.3, -0.25) is 0 Å². The molecule has 0 aliphatic carbocycles. The summed E-state index contributed by atoms with van der Waals surface area (Å²) in [6.07, 6.45) is 0. The summed E-state index contributed by atoms with van der Waals surface area (Å²) in [5.41, 5.74) is 0.598. The maximum atomic E-state index is 9.45. The third-order valence-corrected chi connectivity index (χ3v) is 2.52. The highest BCUT2D eigenvalue weighted by molar-refractivity contribution is 7.14. The van der Waals surface area contributed by atoms with Crippen LogP contribution in [0, 0.1) is 6.92 Å². The van der Waals surface area contributed by atoms with Gasteiger partial charge >= 0.3 is 0 Å². The van der Waals surface area contributed by atoms with E-state index in [0.717, 1.165) is 5.00 Å². The number of aliphatic hydroxyl groups is 1. The number of thiophene rings is 1. The maximum absolute atomic E-state index is 9.45. The molecule has 0 saturated heterocycles. The van der Waals surface area contributed by atoms with Crippen molar-refractivity contribution in [3.8, 4) is 0 Å². The molecule has 1 aromatic rings. The van der Waals surface area contributed by atoms with Crippen LogP contribution in [0.1, 0.15) is 19.4 Å². The number of rotatable bonds is 3. The first-order valence-electron chi connectivity index (χ1n) is 3.99. The van der Waals surface area contributed by atoms with Crippen LogP contribution in [0.4, 0.5) is 5.00 Å². The molecule has 0 bridgehead atoms. The van der Waals surface area contributed by atoms with Crippen molar-refractivity contribution in [3.63, 3.8) is 0 Å². The SMILES string of the molecule is Cc1ccsc1NCC(C)(C)O. The molecule has 0 aliphatic rings. The van der Waals surface area contributed by atoms with Crippen LogP contribution in [0.2, 0.25) is 0 Å². The summed E-state index contributed by atoms with van der Waals surface area (Å²) in [6.45, 7) is 6.24. The highest BCUT2D eigenvalue weighted by atomic mass is 32.1. The maximum Gasteiger partial charge on any atom is 0.0913 e. The van der Waals surface area contributed by atoms with E-state index in [9.17, 15) is 5.11 Å². The van der Waals surface area contributed by atoms with Gasteiger partial charge in [0.25, 0.3) is 0 Å². The van der Waals surface area contributed by atoms with Crippen LogP contribution in [0.3, 0.4) is 0 Å². The second-order valence-electron chi connectivity index (χ2n) is 3.60. The van der Waals surface area contributed by atoms with Crippen LogP contribution in [-0.4, -0.2) is 17.3 Å². The molecule has 0 atom stereocenters. The average Bonchev–Trinajstić information content (AvgIpc) is 2.29. The van der Waals surface area contributed by atoms with Crippen LogP contribution in [0.25, 0.3) is 0 Å². The predicted molar refractivity (Wildman–Crippen MR) is 53.8 cm³/mol. The second-order valence-corrected chi connectivity index (χ2v) is 4.51. The normalized spacial score (nSPS) is 11.7. The van der Waals surface area contributed by atoms with Gasteiger partial charge in [-0.25, -0.2) is 0 Å². The molecule has 1 heterocycles. The summed E-state index contributed by atoms with van der Waals surface area (Å²) in [5.74, 6) is 0. The minimum Gasteiger partial charge on any atom is -0.389 e. The van der Waals surface area contributed by atoms with E-state index < -0.39 is 5.60 Å². The molecule has 3 heteroatoms. The van der Waals surface area contributed by atoms with Gasteiger partial charge in [0, 0.05) is 6.54 Å². The number of hydrogen-bond acceptors (Lipinski definition) is 3. The molecule has 1 aromatic heterocycles. The van der Waals surface area contributed by atoms with Gasteiger partial charge in [-0.05, 0) is 37.8 Å². The Balaban J connectivity index is 2.49. The van der Waals surface area contributed by atoms with E-state index in [1.807, 2.05) is 5.38 Å². The molecule has 0 radical (unpaired) electrons. The van der Waals surface area contributed by atoms with Crippen molar-refractivity contribution in [2.45, 2.75) is 26.4 Å². The Morgan fingerprint density at radius 3 is 2.67 bits per heavy atom. The van der Waals surface area contributed by atoms with E-state index in [-0.39, 0.29) is 0 Å². The van der Waals surface area contributed by atoms with Gasteiger partial charge in [0.05, 0.1) is 10.6 Å². The number of hydrogen-bond donors (Lipinski definition) is 2. The Kier molecular flexibility index (Phi) is 2.75. The smallest absolute Gasteiger partial charge is 0.0913 e. The molecule has 0 unspecified atom stereocenters. The number of nitrogens with one attached hydrogen (secondary N) is 1. The summed E-state index contributed by atoms with van der Waals surface area (Å²) in [4.78, 5) is 0. The second kappa shape index (κ2) is 3.46. The summed E-state index contributed by atoms with van der Waals surface area (Å²) >= 11 is 1.67. The van der Waals surface area contributed by atoms with Crippen molar-refractivity contribution in [1.29, 1.82) is 0 Å². The Labute approximate surface area is 77.2 Å². The molecule has 0 fully saturated rings. The molecular weight excluding hydrogens is 170 g/mol. The molecule has 1 rings (SSSR count). The first-order chi connectivity index (χ1) is 5.49. The van der Waals surface area contributed by atoms with Gasteiger partial charge in [-0.1, -0.05) is 0 Å². The van der Waals surface area contributed by atoms with Gasteiger partial charge < -0.3 is 10.4 Å². The van der Waals surface area contributed by atoms with E-state index in [0.29, 0.717) is 6.54 Å². The van der Waals surface area contributed by atoms with Gasteiger partial charge in [0.2, 0.25) is 0 Å². The van der Waals surface area contributed by atoms with Crippen molar-refractivity contribution >= 4 is 16.3 Å². The van der Waals surface area contributed by atoms with Crippen LogP contribution in [0.5, 0.6) is 0 Å². The van der Waals surface area contributed by atoms with E-state index >= 15 is 0 Å². The lowest BCUT2D eigenvalue weighted by atomic mass is 10.1. The van der Waals surface area contributed by atoms with Crippen molar-refractivity contribution in [2.75, 3.05) is 11.9 Å². The van der Waals surface area contributed by atoms with Gasteiger partial charge in [0.15, 0.2) is 0 Å². The van der Waals surface area contributed by atoms with Crippen LogP contribution >= 0.6 is 11.3 Å². The lowest BCUT2D eigenvalue weighted by Crippen LogP contribution is -2.29. The van der Waals surface area contributed by atoms with Gasteiger partial charge in [0.1, 0.15) is 0 Å². The fourth-order valence-electron chi connectivity index (χ4n) is 0.850. The topological polar surface area (TPSA) is 32.3 Å². The third kappa shape index (κ3) is 2.83. The molecule has 0 saturated carbocycles. The standard InChI is InChI=1S/C9H15NOS/c1-7-4-5-12-8(7)10-6-9(2,3)11/h4-5,10-11H,6H2,1-3H3. The highest BCUT2D eigenvalue weighted by Crippen LogP contribution is 2.22. The molecule has 68 valence electrons. The number of anilines is 1. The summed E-state index contributed by atoms with van der Waals surface area (Å²) < 4.78 is 0. The van der Waals surface area contributed by atoms with Crippen LogP contribution in [-0.2, 0) is 0 Å². The molecule has 2 nitrogen and oxygen atoms in total. The quantitative estimate of drug-likeness (QED) is 0.757. The largest absolute Gasteiger partial charge is 0.389 e. The molecular formula is C9H15NOS. The lowest BCUT2D eigenvalue weighted by molar-refractivity contribution is 0.0946. The Morgan fingerprint density at radius 1 is 1.58 bits per heavy atom. The van der Waals surface area contributed by atoms with E-state index in [2.05, 4.69) is 18.3 Å². The predicted octanol–water partition coefficient (Wildman–Crippen LogP) is 2.24. The van der Waals surface area contributed by atoms with Crippen molar-refractivity contribution in [1.82, 2.24) is 0 Å². The fourth-order valence-corrected chi connectivity index (χ4v) is 1.67. The zero-order valence-corrected chi connectivity index (χ0v) is 8.53. The third-order valence-electron chi connectivity index (χ3n) is 1.54. The monoisotopic (exact) mass is 185 g/mol. The first-order valence-corrected chi connectivity index (χ1v) is 4.87. The molecule has 12 heavy (non-hydrogen) atoms. The van der Waals surface area contributed by atoms with Crippen molar-refractivity contribution in [2.24, 2.45) is 0 Å². The Bertz CT molecular complexity index is 249. The van der Waals surface area contributed by atoms with Gasteiger partial charge in [-0.15, -0.1) is 11.3 Å². The Morgan fingerprint density at radius 2 is 2.25 bits per heavy atom. The van der Waals surface area contributed by atoms with Gasteiger partial charge in [-0.2, -0.15) is 0 Å². The summed E-state index contributed by atoms with van der Waals surface area (Å²) in [5, 5.41) is 15.8. The molecule has 2 N–H and O–H groups in total. The van der Waals surface area contributed by atoms with E-state index in [4.69, 9.17) is 0 Å². The molecule has 0 aliphatic heterocycles. The zero-order valence-electron chi connectivity index (χ0n) is 7.72. The fraction of sp³-hybridized carbons (Fsp3) is 0.556. The van der Waals surface area contributed by atoms with Crippen LogP contribution < -0.4 is 5.32 Å². The van der Waals surface area contributed by atoms with E-state index in [1.165, 1.54) is 5.56 Å². The summed E-state index contributed by atoms with van der Waals surface area (Å²) in [6, 6.07) is 2.07. The zero-order chi connectivity index (χ0) is 9.19. The minimum atomic E-state index is -0.642. The molecule has 0 aromatic carbocycles.